The minimum Gasteiger partial charge on any atom is -0.463 e. The van der Waals surface area contributed by atoms with Crippen LogP contribution in [0.15, 0.2) is 182 Å². The van der Waals surface area contributed by atoms with Crippen molar-refractivity contribution in [3.63, 3.8) is 0 Å². The number of unbranched alkanes of at least 4 members (excludes halogenated alkanes) is 25. The van der Waals surface area contributed by atoms with E-state index in [2.05, 4.69) is 203 Å². The SMILES string of the molecule is CC/C=C\C/C=C\C/C=C\C/C=C\C/C=C\C/C=C\CCCCCCCCCCCCCCCCCCC(=O)OCC(O)COP(=O)(O)OCC(O)COP(=O)(O)OCC(COC(=O)CCCCC/C=C\C/C=C\C/C=C\C/C=C\C/C=C\CC)OC(=O)CCCCCCCC/C=C\C/C=C\C/C=C\C/C=C\CC. The maximum absolute atomic E-state index is 13.0. The van der Waals surface area contributed by atoms with Gasteiger partial charge < -0.3 is 34.2 Å². The van der Waals surface area contributed by atoms with Crippen LogP contribution in [0.2, 0.25) is 0 Å². The minimum atomic E-state index is -4.95. The highest BCUT2D eigenvalue weighted by molar-refractivity contribution is 7.47. The molecule has 5 atom stereocenters. The summed E-state index contributed by atoms with van der Waals surface area (Å²) in [5, 5.41) is 20.7. The standard InChI is InChI=1S/C91H150O16P2/c1-4-7-10-13-16-19-22-25-28-31-34-35-36-37-38-39-40-41-42-43-44-45-46-47-48-49-52-54-56-59-62-65-68-71-74-77-89(94)101-80-86(92)81-103-108(97,98)104-82-87(93)83-105-109(99,100)106-85-88(107-91(96)79-76-73-70-67-64-61-58-55-51-33-30-27-24-21-18-15-12-9-6-3)84-102-90(95)78-75-72-69-66-63-60-57-53-50-32-29-26-23-20-17-14-11-8-5-2/h7-12,16-21,25-30,34-35,37-38,40-41,50-51,53,55,60,63,86-88,92-93H,4-6,13-15,22-24,31-33,36,39,42-49,52,54,56-59,61-62,64-85H2,1-3H3,(H,97,98)(H,99,100)/b10-7-,11-8-,12-9-,19-16-,20-17-,21-18-,28-25-,29-26-,30-27-,35-34-,38-37-,41-40-,53-50-,55-51-,63-60-. The first-order valence-electron chi connectivity index (χ1n) is 42.1. The zero-order valence-corrected chi connectivity index (χ0v) is 69.7. The van der Waals surface area contributed by atoms with Gasteiger partial charge in [-0.15, -0.1) is 0 Å². The van der Waals surface area contributed by atoms with E-state index in [0.717, 1.165) is 173 Å². The Morgan fingerprint density at radius 2 is 0.459 bits per heavy atom. The van der Waals surface area contributed by atoms with Crippen LogP contribution in [0.5, 0.6) is 0 Å². The van der Waals surface area contributed by atoms with Crippen molar-refractivity contribution in [2.24, 2.45) is 0 Å². The number of phosphoric acid groups is 2. The van der Waals surface area contributed by atoms with E-state index >= 15 is 0 Å². The van der Waals surface area contributed by atoms with Crippen molar-refractivity contribution in [1.82, 2.24) is 0 Å². The van der Waals surface area contributed by atoms with Crippen molar-refractivity contribution in [3.8, 4) is 0 Å². The number of esters is 3. The van der Waals surface area contributed by atoms with Crippen LogP contribution in [-0.2, 0) is 55.8 Å². The molecule has 16 nitrogen and oxygen atoms in total. The fraction of sp³-hybridized carbons (Fsp3) is 0.637. The fourth-order valence-corrected chi connectivity index (χ4v) is 12.4. The van der Waals surface area contributed by atoms with Crippen LogP contribution in [-0.4, -0.2) is 95.9 Å². The largest absolute Gasteiger partial charge is 0.472 e. The predicted molar refractivity (Wildman–Crippen MR) is 454 cm³/mol. The van der Waals surface area contributed by atoms with Crippen LogP contribution in [0.4, 0.5) is 0 Å². The average Bonchev–Trinajstić information content (AvgIpc) is 0.900. The number of carbonyl (C=O) groups excluding carboxylic acids is 3. The molecule has 0 saturated heterocycles. The molecule has 5 unspecified atom stereocenters. The highest BCUT2D eigenvalue weighted by Crippen LogP contribution is 2.45. The second-order valence-electron chi connectivity index (χ2n) is 27.5. The number of allylic oxidation sites excluding steroid dienone is 30. The van der Waals surface area contributed by atoms with Gasteiger partial charge in [-0.25, -0.2) is 9.13 Å². The van der Waals surface area contributed by atoms with Crippen molar-refractivity contribution in [2.45, 2.75) is 334 Å². The smallest absolute Gasteiger partial charge is 0.463 e. The molecule has 4 N–H and O–H groups in total. The van der Waals surface area contributed by atoms with Gasteiger partial charge in [0.15, 0.2) is 6.10 Å². The molecule has 0 radical (unpaired) electrons. The lowest BCUT2D eigenvalue weighted by Gasteiger charge is -2.21. The van der Waals surface area contributed by atoms with E-state index in [9.17, 15) is 43.5 Å². The Balaban J connectivity index is 4.51. The third-order valence-electron chi connectivity index (χ3n) is 17.1. The van der Waals surface area contributed by atoms with Crippen molar-refractivity contribution in [2.75, 3.05) is 39.6 Å². The second-order valence-corrected chi connectivity index (χ2v) is 30.4. The molecule has 0 aromatic carbocycles. The molecule has 0 aliphatic rings. The fourth-order valence-electron chi connectivity index (χ4n) is 10.8. The maximum Gasteiger partial charge on any atom is 0.472 e. The molecular weight excluding hydrogens is 1410 g/mol. The summed E-state index contributed by atoms with van der Waals surface area (Å²) in [5.41, 5.74) is 0. The Hall–Kier alpha value is -5.35. The summed E-state index contributed by atoms with van der Waals surface area (Å²) in [6.07, 6.45) is 107. The summed E-state index contributed by atoms with van der Waals surface area (Å²) < 4.78 is 61.2. The van der Waals surface area contributed by atoms with Gasteiger partial charge in [0, 0.05) is 19.3 Å². The molecule has 0 saturated carbocycles. The zero-order valence-electron chi connectivity index (χ0n) is 67.9. The molecule has 109 heavy (non-hydrogen) atoms. The van der Waals surface area contributed by atoms with Gasteiger partial charge in [0.1, 0.15) is 25.4 Å². The summed E-state index contributed by atoms with van der Waals surface area (Å²) in [7, 11) is -9.82. The molecule has 620 valence electrons. The van der Waals surface area contributed by atoms with E-state index < -0.39 is 91.5 Å². The molecule has 0 spiro atoms. The van der Waals surface area contributed by atoms with Gasteiger partial charge in [-0.3, -0.25) is 32.5 Å². The Morgan fingerprint density at radius 1 is 0.257 bits per heavy atom. The van der Waals surface area contributed by atoms with Crippen LogP contribution < -0.4 is 0 Å². The van der Waals surface area contributed by atoms with Crippen molar-refractivity contribution >= 4 is 33.6 Å². The summed E-state index contributed by atoms with van der Waals surface area (Å²) in [6.45, 7) is 2.29. The van der Waals surface area contributed by atoms with E-state index in [4.69, 9.17) is 32.3 Å². The average molecular weight is 1560 g/mol. The summed E-state index contributed by atoms with van der Waals surface area (Å²) in [5.74, 6) is -1.63. The third kappa shape index (κ3) is 83.4. The first-order valence-corrected chi connectivity index (χ1v) is 45.1. The Bertz CT molecular complexity index is 2710. The quantitative estimate of drug-likeness (QED) is 0.0146. The molecule has 0 aromatic rings. The molecule has 0 aliphatic heterocycles. The molecule has 0 aliphatic carbocycles. The lowest BCUT2D eigenvalue weighted by molar-refractivity contribution is -0.161. The summed E-state index contributed by atoms with van der Waals surface area (Å²) in [6, 6.07) is 0. The molecule has 0 bridgehead atoms. The topological polar surface area (TPSA) is 231 Å². The summed E-state index contributed by atoms with van der Waals surface area (Å²) in [4.78, 5) is 58.8. The van der Waals surface area contributed by atoms with Crippen LogP contribution in [0.25, 0.3) is 0 Å². The van der Waals surface area contributed by atoms with Gasteiger partial charge in [0.25, 0.3) is 0 Å². The Kier molecular flexibility index (Phi) is 78.1. The van der Waals surface area contributed by atoms with E-state index in [1.54, 1.807) is 0 Å². The molecule has 0 aromatic heterocycles. The molecule has 0 heterocycles. The van der Waals surface area contributed by atoms with Crippen molar-refractivity contribution in [1.29, 1.82) is 0 Å². The predicted octanol–water partition coefficient (Wildman–Crippen LogP) is 25.3. The third-order valence-corrected chi connectivity index (χ3v) is 19.0. The monoisotopic (exact) mass is 1560 g/mol. The number of ether oxygens (including phenoxy) is 3. The lowest BCUT2D eigenvalue weighted by Crippen LogP contribution is -2.30. The highest BCUT2D eigenvalue weighted by atomic mass is 31.2. The van der Waals surface area contributed by atoms with Crippen LogP contribution >= 0.6 is 15.6 Å². The van der Waals surface area contributed by atoms with E-state index in [0.29, 0.717) is 19.3 Å². The number of phosphoric ester groups is 2. The van der Waals surface area contributed by atoms with Gasteiger partial charge in [-0.05, 0) is 154 Å². The van der Waals surface area contributed by atoms with Gasteiger partial charge >= 0.3 is 33.6 Å². The number of hydrogen-bond donors (Lipinski definition) is 4. The van der Waals surface area contributed by atoms with Crippen molar-refractivity contribution in [3.05, 3.63) is 182 Å². The molecule has 0 amide bonds. The van der Waals surface area contributed by atoms with Gasteiger partial charge in [-0.2, -0.15) is 0 Å². The Labute approximate surface area is 662 Å². The van der Waals surface area contributed by atoms with Gasteiger partial charge in [-0.1, -0.05) is 325 Å². The molecular formula is C91H150O16P2. The van der Waals surface area contributed by atoms with E-state index in [1.165, 1.54) is 83.5 Å². The molecule has 0 rings (SSSR count). The van der Waals surface area contributed by atoms with E-state index in [1.807, 2.05) is 0 Å². The maximum atomic E-state index is 13.0. The zero-order chi connectivity index (χ0) is 79.4. The number of aliphatic hydroxyl groups is 2. The lowest BCUT2D eigenvalue weighted by atomic mass is 10.0. The second kappa shape index (κ2) is 82.1. The Morgan fingerprint density at radius 3 is 0.734 bits per heavy atom. The first-order chi connectivity index (χ1) is 53.2. The van der Waals surface area contributed by atoms with Crippen LogP contribution in [0.3, 0.4) is 0 Å². The normalized spacial score (nSPS) is 14.8. The highest BCUT2D eigenvalue weighted by Gasteiger charge is 2.29. The van der Waals surface area contributed by atoms with Gasteiger partial charge in [0.05, 0.1) is 26.4 Å². The number of aliphatic hydroxyl groups excluding tert-OH is 2. The van der Waals surface area contributed by atoms with Gasteiger partial charge in [0.2, 0.25) is 0 Å². The number of carbonyl (C=O) groups is 3. The van der Waals surface area contributed by atoms with Crippen LogP contribution in [0, 0.1) is 0 Å². The molecule has 18 heteroatoms. The molecule has 0 fully saturated rings. The van der Waals surface area contributed by atoms with E-state index in [-0.39, 0.29) is 19.3 Å². The minimum absolute atomic E-state index is 0.0749. The summed E-state index contributed by atoms with van der Waals surface area (Å²) >= 11 is 0. The number of rotatable bonds is 78. The van der Waals surface area contributed by atoms with Crippen LogP contribution in [0.1, 0.15) is 316 Å². The first kappa shape index (κ1) is 104. The van der Waals surface area contributed by atoms with Crippen molar-refractivity contribution < 1.29 is 75.8 Å². The number of hydrogen-bond acceptors (Lipinski definition) is 14.